The molecule has 1 aliphatic rings. The molecule has 6 N–H and O–H groups in total. The van der Waals surface area contributed by atoms with Gasteiger partial charge in [0.05, 0.1) is 17.6 Å². The molecular formula is C21H20O10. The van der Waals surface area contributed by atoms with Gasteiger partial charge in [-0.2, -0.15) is 0 Å². The summed E-state index contributed by atoms with van der Waals surface area (Å²) in [6.45, 7) is -0.587. The number of benzene rings is 2. The van der Waals surface area contributed by atoms with Crippen molar-refractivity contribution in [3.63, 3.8) is 0 Å². The van der Waals surface area contributed by atoms with Crippen LogP contribution in [-0.2, 0) is 9.53 Å². The number of hydrogen-bond donors (Lipinski definition) is 6. The third-order valence-corrected chi connectivity index (χ3v) is 4.68. The topological polar surface area (TPSA) is 178 Å². The Bertz CT molecular complexity index is 1120. The normalized spacial score (nSPS) is 23.0. The Morgan fingerprint density at radius 1 is 0.871 bits per heavy atom. The van der Waals surface area contributed by atoms with Crippen LogP contribution in [0.15, 0.2) is 57.9 Å². The summed E-state index contributed by atoms with van der Waals surface area (Å²) < 4.78 is 9.75. The van der Waals surface area contributed by atoms with Crippen molar-refractivity contribution >= 4 is 16.9 Å². The zero-order valence-corrected chi connectivity index (χ0v) is 16.0. The summed E-state index contributed by atoms with van der Waals surface area (Å²) in [7, 11) is 0. The number of ether oxygens (including phenoxy) is 1. The summed E-state index contributed by atoms with van der Waals surface area (Å²) in [6.07, 6.45) is -4.57. The smallest absolute Gasteiger partial charge is 0.338 e. The van der Waals surface area contributed by atoms with Crippen LogP contribution in [0, 0.1) is 0 Å². The average Bonchev–Trinajstić information content (AvgIpc) is 2.76. The number of phenolic OH excluding ortho intramolecular Hbond substituents is 2. The van der Waals surface area contributed by atoms with Crippen LogP contribution in [0.25, 0.3) is 22.1 Å². The van der Waals surface area contributed by atoms with Crippen molar-refractivity contribution in [2.24, 2.45) is 0 Å². The van der Waals surface area contributed by atoms with Crippen LogP contribution in [0.3, 0.4) is 0 Å². The lowest BCUT2D eigenvalue weighted by atomic mass is 10.0. The second-order valence-electron chi connectivity index (χ2n) is 6.79. The second kappa shape index (κ2) is 9.14. The van der Waals surface area contributed by atoms with E-state index in [0.29, 0.717) is 22.1 Å². The van der Waals surface area contributed by atoms with Gasteiger partial charge in [-0.25, -0.2) is 4.79 Å². The molecule has 1 aromatic heterocycles. The SMILES string of the molecule is O=C1O[C@H](CO)[C@@H](O)[C@H](O)[C@H]1O.O=c1c(-c2ccc(O)cc2)coc2cc(O)ccc12. The van der Waals surface area contributed by atoms with Crippen LogP contribution in [-0.4, -0.2) is 67.6 Å². The molecule has 1 saturated heterocycles. The maximum atomic E-state index is 12.3. The Labute approximate surface area is 174 Å². The van der Waals surface area contributed by atoms with Gasteiger partial charge in [0, 0.05) is 6.07 Å². The predicted molar refractivity (Wildman–Crippen MR) is 106 cm³/mol. The van der Waals surface area contributed by atoms with Crippen LogP contribution in [0.1, 0.15) is 0 Å². The van der Waals surface area contributed by atoms with E-state index in [1.165, 1.54) is 36.6 Å². The van der Waals surface area contributed by atoms with Crippen LogP contribution in [0.2, 0.25) is 0 Å². The monoisotopic (exact) mass is 432 g/mol. The van der Waals surface area contributed by atoms with Gasteiger partial charge in [-0.1, -0.05) is 12.1 Å². The second-order valence-corrected chi connectivity index (χ2v) is 6.79. The third-order valence-electron chi connectivity index (χ3n) is 4.68. The minimum Gasteiger partial charge on any atom is -0.508 e. The molecule has 31 heavy (non-hydrogen) atoms. The molecule has 0 amide bonds. The maximum absolute atomic E-state index is 12.3. The average molecular weight is 432 g/mol. The standard InChI is InChI=1S/C15H10O4.C6H10O6/c16-10-3-1-9(2-4-10)13-8-19-14-7-11(17)5-6-12(14)15(13)18;7-1-2-3(8)4(9)5(10)6(11)12-2/h1-8,16-17H;2-5,7-10H,1H2/t;2-,3-,4+,5-/m.1/s1. The van der Waals surface area contributed by atoms with E-state index in [2.05, 4.69) is 4.74 Å². The number of phenols is 2. The molecule has 0 bridgehead atoms. The first-order chi connectivity index (χ1) is 14.7. The molecule has 2 aromatic carbocycles. The van der Waals surface area contributed by atoms with E-state index in [9.17, 15) is 19.8 Å². The van der Waals surface area contributed by atoms with Gasteiger partial charge in [0.15, 0.2) is 17.6 Å². The molecule has 0 aliphatic carbocycles. The van der Waals surface area contributed by atoms with Crippen molar-refractivity contribution in [1.29, 1.82) is 0 Å². The van der Waals surface area contributed by atoms with Crippen molar-refractivity contribution < 1.29 is 44.6 Å². The lowest BCUT2D eigenvalue weighted by Gasteiger charge is -2.32. The van der Waals surface area contributed by atoms with Gasteiger partial charge in [0.2, 0.25) is 0 Å². The summed E-state index contributed by atoms with van der Waals surface area (Å²) in [5, 5.41) is 54.5. The van der Waals surface area contributed by atoms with E-state index < -0.39 is 37.0 Å². The van der Waals surface area contributed by atoms with Gasteiger partial charge in [-0.15, -0.1) is 0 Å². The van der Waals surface area contributed by atoms with Crippen LogP contribution in [0.5, 0.6) is 11.5 Å². The zero-order valence-electron chi connectivity index (χ0n) is 16.0. The van der Waals surface area contributed by atoms with E-state index in [-0.39, 0.29) is 16.9 Å². The van der Waals surface area contributed by atoms with Gasteiger partial charge >= 0.3 is 5.97 Å². The van der Waals surface area contributed by atoms with E-state index in [4.69, 9.17) is 24.8 Å². The first-order valence-corrected chi connectivity index (χ1v) is 9.12. The fraction of sp³-hybridized carbons (Fsp3) is 0.238. The maximum Gasteiger partial charge on any atom is 0.338 e. The van der Waals surface area contributed by atoms with E-state index in [1.807, 2.05) is 0 Å². The van der Waals surface area contributed by atoms with Crippen molar-refractivity contribution in [3.05, 3.63) is 59.0 Å². The molecule has 2 heterocycles. The number of esters is 1. The molecule has 10 heteroatoms. The lowest BCUT2D eigenvalue weighted by Crippen LogP contribution is -2.56. The number of aliphatic hydroxyl groups is 4. The van der Waals surface area contributed by atoms with E-state index in [1.54, 1.807) is 12.1 Å². The first kappa shape index (κ1) is 22.2. The first-order valence-electron chi connectivity index (χ1n) is 9.12. The number of rotatable bonds is 2. The summed E-state index contributed by atoms with van der Waals surface area (Å²) in [5.41, 5.74) is 1.25. The lowest BCUT2D eigenvalue weighted by molar-refractivity contribution is -0.206. The number of carbonyl (C=O) groups excluding carboxylic acids is 1. The molecule has 3 aromatic rings. The Balaban J connectivity index is 0.000000196. The number of fused-ring (bicyclic) bond motifs is 1. The number of cyclic esters (lactones) is 1. The van der Waals surface area contributed by atoms with Crippen LogP contribution >= 0.6 is 0 Å². The van der Waals surface area contributed by atoms with Gasteiger partial charge in [-0.05, 0) is 29.8 Å². The zero-order chi connectivity index (χ0) is 22.7. The van der Waals surface area contributed by atoms with Crippen molar-refractivity contribution in [1.82, 2.24) is 0 Å². The number of aromatic hydroxyl groups is 2. The Hall–Kier alpha value is -3.44. The minimum atomic E-state index is -1.73. The van der Waals surface area contributed by atoms with Crippen LogP contribution in [0.4, 0.5) is 0 Å². The number of aliphatic hydroxyl groups excluding tert-OH is 4. The number of carbonyl (C=O) groups is 1. The van der Waals surface area contributed by atoms with Gasteiger partial charge in [0.1, 0.15) is 35.6 Å². The molecule has 164 valence electrons. The summed E-state index contributed by atoms with van der Waals surface area (Å²) in [4.78, 5) is 23.0. The molecule has 4 rings (SSSR count). The molecule has 0 radical (unpaired) electrons. The van der Waals surface area contributed by atoms with Crippen LogP contribution < -0.4 is 5.43 Å². The molecular weight excluding hydrogens is 412 g/mol. The van der Waals surface area contributed by atoms with Gasteiger partial charge in [0.25, 0.3) is 0 Å². The summed E-state index contributed by atoms with van der Waals surface area (Å²) in [6, 6.07) is 10.7. The molecule has 1 fully saturated rings. The van der Waals surface area contributed by atoms with Gasteiger partial charge in [-0.3, -0.25) is 4.79 Å². The largest absolute Gasteiger partial charge is 0.508 e. The highest BCUT2D eigenvalue weighted by Gasteiger charge is 2.43. The number of hydrogen-bond acceptors (Lipinski definition) is 10. The van der Waals surface area contributed by atoms with Crippen molar-refractivity contribution in [3.8, 4) is 22.6 Å². The van der Waals surface area contributed by atoms with Crippen molar-refractivity contribution in [2.75, 3.05) is 6.61 Å². The van der Waals surface area contributed by atoms with Gasteiger partial charge < -0.3 is 39.8 Å². The Morgan fingerprint density at radius 3 is 2.16 bits per heavy atom. The summed E-state index contributed by atoms with van der Waals surface area (Å²) in [5.74, 6) is -0.848. The summed E-state index contributed by atoms with van der Waals surface area (Å²) >= 11 is 0. The molecule has 0 saturated carbocycles. The predicted octanol–water partition coefficient (Wildman–Crippen LogP) is -0.142. The highest BCUT2D eigenvalue weighted by molar-refractivity contribution is 5.82. The van der Waals surface area contributed by atoms with Crippen molar-refractivity contribution in [2.45, 2.75) is 24.4 Å². The fourth-order valence-electron chi connectivity index (χ4n) is 2.94. The minimum absolute atomic E-state index is 0.0491. The quantitative estimate of drug-likeness (QED) is 0.299. The highest BCUT2D eigenvalue weighted by Crippen LogP contribution is 2.23. The third kappa shape index (κ3) is 4.67. The molecule has 0 spiro atoms. The fourth-order valence-corrected chi connectivity index (χ4v) is 2.94. The molecule has 0 unspecified atom stereocenters. The van der Waals surface area contributed by atoms with E-state index in [0.717, 1.165) is 0 Å². The molecule has 10 nitrogen and oxygen atoms in total. The highest BCUT2D eigenvalue weighted by atomic mass is 16.6. The Kier molecular flexibility index (Phi) is 6.56. The van der Waals surface area contributed by atoms with E-state index >= 15 is 0 Å². The Morgan fingerprint density at radius 2 is 1.52 bits per heavy atom. The molecule has 4 atom stereocenters. The molecule has 1 aliphatic heterocycles.